The van der Waals surface area contributed by atoms with Crippen molar-refractivity contribution in [3.05, 3.63) is 36.2 Å². The minimum Gasteiger partial charge on any atom is -0.393 e. The van der Waals surface area contributed by atoms with E-state index in [-0.39, 0.29) is 24.1 Å². The fourth-order valence-electron chi connectivity index (χ4n) is 3.78. The topological polar surface area (TPSA) is 66.3 Å². The van der Waals surface area contributed by atoms with Crippen LogP contribution >= 0.6 is 0 Å². The maximum Gasteiger partial charge on any atom is 0.256 e. The number of para-hydroxylation sites is 1. The van der Waals surface area contributed by atoms with Crippen molar-refractivity contribution in [2.75, 3.05) is 0 Å². The summed E-state index contributed by atoms with van der Waals surface area (Å²) in [5.41, 5.74) is 2.03. The summed E-state index contributed by atoms with van der Waals surface area (Å²) >= 11 is 0. The molecule has 2 aliphatic rings. The van der Waals surface area contributed by atoms with Crippen LogP contribution in [-0.2, 0) is 0 Å². The lowest BCUT2D eigenvalue weighted by Crippen LogP contribution is -2.48. The zero-order valence-corrected chi connectivity index (χ0v) is 11.6. The summed E-state index contributed by atoms with van der Waals surface area (Å²) in [6, 6.07) is 5.87. The number of aliphatic hydroxyl groups excluding tert-OH is 1. The Morgan fingerprint density at radius 1 is 1.14 bits per heavy atom. The molecular weight excluding hydrogens is 266 g/mol. The summed E-state index contributed by atoms with van der Waals surface area (Å²) in [4.78, 5) is 23.5. The molecule has 4 rings (SSSR count). The highest BCUT2D eigenvalue weighted by Crippen LogP contribution is 2.37. The van der Waals surface area contributed by atoms with Crippen molar-refractivity contribution in [1.29, 1.82) is 0 Å². The molecular formula is C16H17N3O2. The summed E-state index contributed by atoms with van der Waals surface area (Å²) in [6.07, 6.45) is 6.36. The van der Waals surface area contributed by atoms with E-state index in [0.717, 1.165) is 18.4 Å². The van der Waals surface area contributed by atoms with Crippen LogP contribution in [0, 0.1) is 0 Å². The van der Waals surface area contributed by atoms with Crippen LogP contribution in [0.5, 0.6) is 0 Å². The van der Waals surface area contributed by atoms with E-state index < -0.39 is 0 Å². The molecule has 2 aromatic rings. The Hall–Kier alpha value is -2.01. The van der Waals surface area contributed by atoms with E-state index in [0.29, 0.717) is 23.9 Å². The highest BCUT2D eigenvalue weighted by molar-refractivity contribution is 6.05. The predicted molar refractivity (Wildman–Crippen MR) is 77.8 cm³/mol. The Morgan fingerprint density at radius 2 is 1.86 bits per heavy atom. The van der Waals surface area contributed by atoms with Crippen LogP contribution in [0.1, 0.15) is 36.0 Å². The lowest BCUT2D eigenvalue weighted by molar-refractivity contribution is 0.0288. The molecule has 0 radical (unpaired) electrons. The molecule has 5 heteroatoms. The van der Waals surface area contributed by atoms with Crippen LogP contribution in [0.25, 0.3) is 11.0 Å². The Kier molecular flexibility index (Phi) is 2.89. The van der Waals surface area contributed by atoms with Crippen molar-refractivity contribution >= 4 is 16.9 Å². The quantitative estimate of drug-likeness (QED) is 0.866. The smallest absolute Gasteiger partial charge is 0.256 e. The summed E-state index contributed by atoms with van der Waals surface area (Å²) < 4.78 is 0. The molecule has 2 fully saturated rings. The van der Waals surface area contributed by atoms with E-state index in [1.165, 1.54) is 0 Å². The third kappa shape index (κ3) is 2.00. The molecule has 0 aliphatic carbocycles. The molecule has 2 unspecified atom stereocenters. The van der Waals surface area contributed by atoms with Crippen molar-refractivity contribution in [3.8, 4) is 0 Å². The third-order valence-corrected chi connectivity index (χ3v) is 4.67. The molecule has 3 heterocycles. The maximum absolute atomic E-state index is 13.0. The van der Waals surface area contributed by atoms with E-state index in [9.17, 15) is 9.90 Å². The number of benzene rings is 1. The van der Waals surface area contributed by atoms with Crippen LogP contribution in [0.2, 0.25) is 0 Å². The number of hydrogen-bond acceptors (Lipinski definition) is 4. The number of aromatic nitrogens is 2. The molecule has 1 aromatic carbocycles. The molecule has 5 nitrogen and oxygen atoms in total. The molecule has 2 aliphatic heterocycles. The number of carbonyl (C=O) groups is 1. The first-order valence-electron chi connectivity index (χ1n) is 7.44. The Bertz CT molecular complexity index is 683. The second-order valence-electron chi connectivity index (χ2n) is 5.95. The van der Waals surface area contributed by atoms with Gasteiger partial charge < -0.3 is 10.0 Å². The average molecular weight is 283 g/mol. The predicted octanol–water partition coefficient (Wildman–Crippen LogP) is 1.76. The number of fused-ring (bicyclic) bond motifs is 3. The second-order valence-corrected chi connectivity index (χ2v) is 5.95. The van der Waals surface area contributed by atoms with Crippen molar-refractivity contribution in [2.45, 2.75) is 43.9 Å². The van der Waals surface area contributed by atoms with Crippen LogP contribution in [0.15, 0.2) is 30.6 Å². The molecule has 108 valence electrons. The van der Waals surface area contributed by atoms with Gasteiger partial charge in [-0.05, 0) is 37.8 Å². The summed E-state index contributed by atoms with van der Waals surface area (Å²) in [6.45, 7) is 0. The van der Waals surface area contributed by atoms with Gasteiger partial charge >= 0.3 is 0 Å². The molecule has 1 amide bonds. The first-order chi connectivity index (χ1) is 10.2. The largest absolute Gasteiger partial charge is 0.393 e. The fraction of sp³-hybridized carbons (Fsp3) is 0.438. The van der Waals surface area contributed by atoms with Gasteiger partial charge in [-0.2, -0.15) is 0 Å². The molecule has 2 atom stereocenters. The number of aliphatic hydroxyl groups is 1. The number of nitrogens with zero attached hydrogens (tertiary/aromatic N) is 3. The fourth-order valence-corrected chi connectivity index (χ4v) is 3.78. The summed E-state index contributed by atoms with van der Waals surface area (Å²) in [7, 11) is 0. The second kappa shape index (κ2) is 4.77. The van der Waals surface area contributed by atoms with E-state index in [1.807, 2.05) is 23.1 Å². The van der Waals surface area contributed by atoms with Gasteiger partial charge in [-0.25, -0.2) is 0 Å². The molecule has 1 N–H and O–H groups in total. The Labute approximate surface area is 122 Å². The van der Waals surface area contributed by atoms with Crippen molar-refractivity contribution < 1.29 is 9.90 Å². The average Bonchev–Trinajstić information content (AvgIpc) is 2.78. The van der Waals surface area contributed by atoms with Crippen molar-refractivity contribution in [3.63, 3.8) is 0 Å². The molecule has 0 saturated carbocycles. The van der Waals surface area contributed by atoms with Gasteiger partial charge in [0, 0.05) is 24.5 Å². The van der Waals surface area contributed by atoms with Crippen LogP contribution in [0.3, 0.4) is 0 Å². The van der Waals surface area contributed by atoms with Gasteiger partial charge in [-0.3, -0.25) is 14.8 Å². The van der Waals surface area contributed by atoms with Gasteiger partial charge in [-0.1, -0.05) is 6.07 Å². The zero-order valence-electron chi connectivity index (χ0n) is 11.6. The minimum atomic E-state index is -0.265. The lowest BCUT2D eigenvalue weighted by Gasteiger charge is -2.37. The number of piperidine rings is 1. The van der Waals surface area contributed by atoms with Crippen LogP contribution in [-0.4, -0.2) is 44.1 Å². The number of hydrogen-bond donors (Lipinski definition) is 1. The first kappa shape index (κ1) is 12.7. The molecule has 2 bridgehead atoms. The van der Waals surface area contributed by atoms with Gasteiger partial charge in [0.2, 0.25) is 0 Å². The van der Waals surface area contributed by atoms with Crippen molar-refractivity contribution in [2.24, 2.45) is 0 Å². The summed E-state index contributed by atoms with van der Waals surface area (Å²) in [5.74, 6) is 0.0282. The molecule has 2 saturated heterocycles. The normalized spacial score (nSPS) is 28.0. The Morgan fingerprint density at radius 3 is 2.62 bits per heavy atom. The van der Waals surface area contributed by atoms with E-state index in [2.05, 4.69) is 9.97 Å². The van der Waals surface area contributed by atoms with Gasteiger partial charge in [-0.15, -0.1) is 0 Å². The molecule has 21 heavy (non-hydrogen) atoms. The number of rotatable bonds is 1. The van der Waals surface area contributed by atoms with E-state index in [1.54, 1.807) is 12.4 Å². The zero-order chi connectivity index (χ0) is 14.4. The van der Waals surface area contributed by atoms with Gasteiger partial charge in [0.1, 0.15) is 5.52 Å². The summed E-state index contributed by atoms with van der Waals surface area (Å²) in [5, 5.41) is 9.87. The SMILES string of the molecule is O=C(c1cccc2nccnc12)N1C2CCC1CC(O)C2. The van der Waals surface area contributed by atoms with Crippen LogP contribution < -0.4 is 0 Å². The van der Waals surface area contributed by atoms with E-state index in [4.69, 9.17) is 0 Å². The van der Waals surface area contributed by atoms with Crippen LogP contribution in [0.4, 0.5) is 0 Å². The Balaban J connectivity index is 1.74. The molecule has 1 aromatic heterocycles. The monoisotopic (exact) mass is 283 g/mol. The van der Waals surface area contributed by atoms with Gasteiger partial charge in [0.15, 0.2) is 0 Å². The first-order valence-corrected chi connectivity index (χ1v) is 7.44. The maximum atomic E-state index is 13.0. The highest BCUT2D eigenvalue weighted by atomic mass is 16.3. The number of amides is 1. The lowest BCUT2D eigenvalue weighted by atomic mass is 9.98. The highest BCUT2D eigenvalue weighted by Gasteiger charge is 2.43. The molecule has 0 spiro atoms. The minimum absolute atomic E-state index is 0.0282. The van der Waals surface area contributed by atoms with Gasteiger partial charge in [0.05, 0.1) is 17.2 Å². The third-order valence-electron chi connectivity index (χ3n) is 4.67. The van der Waals surface area contributed by atoms with Gasteiger partial charge in [0.25, 0.3) is 5.91 Å². The standard InChI is InChI=1S/C16H17N3O2/c20-12-8-10-4-5-11(9-12)19(10)16(21)13-2-1-3-14-15(13)18-7-6-17-14/h1-3,6-7,10-12,20H,4-5,8-9H2. The number of carbonyl (C=O) groups excluding carboxylic acids is 1. The van der Waals surface area contributed by atoms with Crippen molar-refractivity contribution in [1.82, 2.24) is 14.9 Å². The van der Waals surface area contributed by atoms with E-state index >= 15 is 0 Å².